The van der Waals surface area contributed by atoms with Crippen molar-refractivity contribution in [2.24, 2.45) is 0 Å². The summed E-state index contributed by atoms with van der Waals surface area (Å²) in [5.41, 5.74) is 2.41. The molecule has 0 radical (unpaired) electrons. The number of benzene rings is 2. The first-order valence-electron chi connectivity index (χ1n) is 10.6. The van der Waals surface area contributed by atoms with Gasteiger partial charge in [0.1, 0.15) is 5.82 Å². The Kier molecular flexibility index (Phi) is 6.67. The molecular weight excluding hydrogens is 427 g/mol. The van der Waals surface area contributed by atoms with Crippen LogP contribution in [-0.2, 0) is 11.3 Å². The molecule has 0 spiro atoms. The highest BCUT2D eigenvalue weighted by Gasteiger charge is 2.26. The summed E-state index contributed by atoms with van der Waals surface area (Å²) >= 11 is 1.36. The van der Waals surface area contributed by atoms with Crippen LogP contribution in [0.25, 0.3) is 10.4 Å². The number of thiophene rings is 1. The summed E-state index contributed by atoms with van der Waals surface area (Å²) in [6, 6.07) is 17.2. The molecule has 2 heterocycles. The first-order valence-corrected chi connectivity index (χ1v) is 11.4. The Morgan fingerprint density at radius 2 is 1.66 bits per heavy atom. The molecule has 0 bridgehead atoms. The summed E-state index contributed by atoms with van der Waals surface area (Å²) in [6.07, 6.45) is 0.0519. The Labute approximate surface area is 190 Å². The highest BCUT2D eigenvalue weighted by molar-refractivity contribution is 7.17. The van der Waals surface area contributed by atoms with Crippen molar-refractivity contribution in [1.82, 2.24) is 10.2 Å². The molecule has 2 amide bonds. The Morgan fingerprint density at radius 3 is 2.31 bits per heavy atom. The predicted molar refractivity (Wildman–Crippen MR) is 123 cm³/mol. The van der Waals surface area contributed by atoms with E-state index in [-0.39, 0.29) is 29.8 Å². The number of rotatable bonds is 5. The van der Waals surface area contributed by atoms with Gasteiger partial charge in [-0.05, 0) is 61.4 Å². The number of carbonyl (C=O) groups is 2. The van der Waals surface area contributed by atoms with E-state index in [1.54, 1.807) is 30.3 Å². The lowest BCUT2D eigenvalue weighted by molar-refractivity contribution is -0.0586. The van der Waals surface area contributed by atoms with Crippen LogP contribution in [0.2, 0.25) is 0 Å². The van der Waals surface area contributed by atoms with Crippen LogP contribution in [-0.4, -0.2) is 42.0 Å². The van der Waals surface area contributed by atoms with Gasteiger partial charge in [0.05, 0.1) is 17.1 Å². The molecule has 1 fully saturated rings. The maximum Gasteiger partial charge on any atom is 0.261 e. The zero-order valence-corrected chi connectivity index (χ0v) is 18.8. The minimum Gasteiger partial charge on any atom is -0.372 e. The van der Waals surface area contributed by atoms with E-state index in [9.17, 15) is 14.0 Å². The SMILES string of the molecule is CC1CN(C(=O)c2ccc(CNC(=O)c3ccc(-c4ccc(F)cc4)s3)cc2)CC(C)O1. The number of halogens is 1. The highest BCUT2D eigenvalue weighted by atomic mass is 32.1. The van der Waals surface area contributed by atoms with E-state index >= 15 is 0 Å². The van der Waals surface area contributed by atoms with Gasteiger partial charge in [-0.2, -0.15) is 0 Å². The molecule has 32 heavy (non-hydrogen) atoms. The van der Waals surface area contributed by atoms with Crippen LogP contribution in [0.15, 0.2) is 60.7 Å². The minimum absolute atomic E-state index is 0.00510. The van der Waals surface area contributed by atoms with Crippen molar-refractivity contribution in [2.45, 2.75) is 32.6 Å². The van der Waals surface area contributed by atoms with E-state index in [1.165, 1.54) is 23.5 Å². The molecule has 166 valence electrons. The molecule has 2 atom stereocenters. The van der Waals surface area contributed by atoms with Crippen LogP contribution in [0, 0.1) is 5.82 Å². The van der Waals surface area contributed by atoms with Crippen molar-refractivity contribution in [2.75, 3.05) is 13.1 Å². The van der Waals surface area contributed by atoms with Crippen molar-refractivity contribution in [1.29, 1.82) is 0 Å². The fourth-order valence-corrected chi connectivity index (χ4v) is 4.72. The quantitative estimate of drug-likeness (QED) is 0.609. The zero-order valence-electron chi connectivity index (χ0n) is 18.0. The molecule has 2 unspecified atom stereocenters. The van der Waals surface area contributed by atoms with Crippen LogP contribution in [0.1, 0.15) is 39.4 Å². The van der Waals surface area contributed by atoms with E-state index in [2.05, 4.69) is 5.32 Å². The van der Waals surface area contributed by atoms with E-state index in [1.807, 2.05) is 36.9 Å². The topological polar surface area (TPSA) is 58.6 Å². The Morgan fingerprint density at radius 1 is 1.00 bits per heavy atom. The van der Waals surface area contributed by atoms with Gasteiger partial charge >= 0.3 is 0 Å². The number of nitrogens with one attached hydrogen (secondary N) is 1. The van der Waals surface area contributed by atoms with Crippen molar-refractivity contribution in [3.8, 4) is 10.4 Å². The van der Waals surface area contributed by atoms with Crippen LogP contribution >= 0.6 is 11.3 Å². The first-order chi connectivity index (χ1) is 15.4. The van der Waals surface area contributed by atoms with Gasteiger partial charge in [-0.15, -0.1) is 11.3 Å². The molecule has 1 N–H and O–H groups in total. The van der Waals surface area contributed by atoms with Crippen LogP contribution in [0.3, 0.4) is 0 Å². The predicted octanol–water partition coefficient (Wildman–Crippen LogP) is 4.73. The van der Waals surface area contributed by atoms with Gasteiger partial charge in [0.15, 0.2) is 0 Å². The van der Waals surface area contributed by atoms with Gasteiger partial charge in [0.25, 0.3) is 11.8 Å². The van der Waals surface area contributed by atoms with E-state index < -0.39 is 0 Å². The molecule has 2 aromatic carbocycles. The lowest BCUT2D eigenvalue weighted by atomic mass is 10.1. The molecule has 1 aromatic heterocycles. The van der Waals surface area contributed by atoms with Crippen LogP contribution in [0.4, 0.5) is 4.39 Å². The van der Waals surface area contributed by atoms with Gasteiger partial charge < -0.3 is 15.0 Å². The van der Waals surface area contributed by atoms with Crippen molar-refractivity contribution in [3.63, 3.8) is 0 Å². The van der Waals surface area contributed by atoms with Crippen LogP contribution < -0.4 is 5.32 Å². The Hall–Kier alpha value is -3.03. The second-order valence-electron chi connectivity index (χ2n) is 8.02. The lowest BCUT2D eigenvalue weighted by Gasteiger charge is -2.35. The van der Waals surface area contributed by atoms with E-state index in [0.717, 1.165) is 16.0 Å². The highest BCUT2D eigenvalue weighted by Crippen LogP contribution is 2.28. The molecule has 1 aliphatic rings. The summed E-state index contributed by atoms with van der Waals surface area (Å²) in [4.78, 5) is 28.6. The van der Waals surface area contributed by atoms with E-state index in [4.69, 9.17) is 4.74 Å². The summed E-state index contributed by atoms with van der Waals surface area (Å²) in [5.74, 6) is -0.459. The maximum atomic E-state index is 13.1. The number of amides is 2. The third-order valence-electron chi connectivity index (χ3n) is 5.32. The smallest absolute Gasteiger partial charge is 0.261 e. The van der Waals surface area contributed by atoms with E-state index in [0.29, 0.717) is 30.1 Å². The van der Waals surface area contributed by atoms with Gasteiger partial charge in [-0.3, -0.25) is 9.59 Å². The second kappa shape index (κ2) is 9.63. The van der Waals surface area contributed by atoms with Gasteiger partial charge in [-0.1, -0.05) is 24.3 Å². The molecule has 4 rings (SSSR count). The zero-order chi connectivity index (χ0) is 22.7. The minimum atomic E-state index is -0.287. The summed E-state index contributed by atoms with van der Waals surface area (Å²) in [5, 5.41) is 2.91. The van der Waals surface area contributed by atoms with Crippen molar-refractivity contribution in [3.05, 3.63) is 82.5 Å². The number of nitrogens with zero attached hydrogens (tertiary/aromatic N) is 1. The van der Waals surface area contributed by atoms with Gasteiger partial charge in [-0.25, -0.2) is 4.39 Å². The number of carbonyl (C=O) groups excluding carboxylic acids is 2. The third kappa shape index (κ3) is 5.23. The molecule has 0 saturated carbocycles. The normalized spacial score (nSPS) is 18.4. The molecule has 5 nitrogen and oxygen atoms in total. The second-order valence-corrected chi connectivity index (χ2v) is 9.10. The summed E-state index contributed by atoms with van der Waals surface area (Å²) in [7, 11) is 0. The monoisotopic (exact) mass is 452 g/mol. The largest absolute Gasteiger partial charge is 0.372 e. The molecule has 0 aliphatic carbocycles. The summed E-state index contributed by atoms with van der Waals surface area (Å²) in [6.45, 7) is 5.47. The fraction of sp³-hybridized carbons (Fsp3) is 0.280. The Bertz CT molecular complexity index is 1090. The molecule has 1 aliphatic heterocycles. The number of morpholine rings is 1. The summed E-state index contributed by atoms with van der Waals surface area (Å²) < 4.78 is 18.8. The Balaban J connectivity index is 1.34. The molecule has 1 saturated heterocycles. The third-order valence-corrected chi connectivity index (χ3v) is 6.45. The standard InChI is InChI=1S/C25H25FN2O3S/c1-16-14-28(15-17(2)31-16)25(30)20-5-3-18(4-6-20)13-27-24(29)23-12-11-22(32-23)19-7-9-21(26)10-8-19/h3-12,16-17H,13-15H2,1-2H3,(H,27,29). The van der Waals surface area contributed by atoms with Crippen molar-refractivity contribution >= 4 is 23.2 Å². The van der Waals surface area contributed by atoms with Gasteiger partial charge in [0, 0.05) is 30.1 Å². The average molecular weight is 453 g/mol. The molecule has 7 heteroatoms. The average Bonchev–Trinajstić information content (AvgIpc) is 3.27. The number of hydrogen-bond donors (Lipinski definition) is 1. The maximum absolute atomic E-state index is 13.1. The van der Waals surface area contributed by atoms with Gasteiger partial charge in [0.2, 0.25) is 0 Å². The van der Waals surface area contributed by atoms with Crippen LogP contribution in [0.5, 0.6) is 0 Å². The molecule has 3 aromatic rings. The fourth-order valence-electron chi connectivity index (χ4n) is 3.79. The molecular formula is C25H25FN2O3S. The lowest BCUT2D eigenvalue weighted by Crippen LogP contribution is -2.48. The number of ether oxygens (including phenoxy) is 1. The first kappa shape index (κ1) is 22.2. The van der Waals surface area contributed by atoms with Crippen molar-refractivity contribution < 1.29 is 18.7 Å². The number of hydrogen-bond acceptors (Lipinski definition) is 4.